The maximum absolute atomic E-state index is 13.3. The summed E-state index contributed by atoms with van der Waals surface area (Å²) in [6, 6.07) is 3.14. The van der Waals surface area contributed by atoms with E-state index in [0.717, 1.165) is 37.5 Å². The van der Waals surface area contributed by atoms with Gasteiger partial charge in [-0.1, -0.05) is 0 Å². The molecule has 1 saturated carbocycles. The maximum Gasteiger partial charge on any atom is 0.165 e. The van der Waals surface area contributed by atoms with Gasteiger partial charge in [-0.2, -0.15) is 0 Å². The van der Waals surface area contributed by atoms with Crippen LogP contribution in [0, 0.1) is 11.6 Å². The Morgan fingerprint density at radius 3 is 2.81 bits per heavy atom. The van der Waals surface area contributed by atoms with E-state index in [1.807, 2.05) is 0 Å². The van der Waals surface area contributed by atoms with E-state index in [2.05, 4.69) is 0 Å². The molecule has 1 N–H and O–H groups in total. The monoisotopic (exact) mass is 228 g/mol. The molecule has 1 aliphatic carbocycles. The summed E-state index contributed by atoms with van der Waals surface area (Å²) in [5.41, 5.74) is 0. The molecule has 2 atom stereocenters. The van der Waals surface area contributed by atoms with E-state index in [9.17, 15) is 13.9 Å². The van der Waals surface area contributed by atoms with E-state index in [1.165, 1.54) is 0 Å². The highest BCUT2D eigenvalue weighted by molar-refractivity contribution is 5.25. The van der Waals surface area contributed by atoms with Crippen molar-refractivity contribution in [2.45, 2.75) is 37.9 Å². The van der Waals surface area contributed by atoms with Crippen LogP contribution in [0.4, 0.5) is 8.78 Å². The lowest BCUT2D eigenvalue weighted by atomic mass is 9.95. The number of benzene rings is 1. The number of aliphatic hydroxyl groups excluding tert-OH is 1. The summed E-state index contributed by atoms with van der Waals surface area (Å²) < 4.78 is 31.5. The second-order valence-electron chi connectivity index (χ2n) is 4.14. The molecule has 1 aliphatic rings. The van der Waals surface area contributed by atoms with Crippen molar-refractivity contribution >= 4 is 0 Å². The summed E-state index contributed by atoms with van der Waals surface area (Å²) in [6.45, 7) is 0. The van der Waals surface area contributed by atoms with E-state index in [-0.39, 0.29) is 11.9 Å². The van der Waals surface area contributed by atoms with Gasteiger partial charge in [0.25, 0.3) is 0 Å². The van der Waals surface area contributed by atoms with Crippen molar-refractivity contribution < 1.29 is 18.6 Å². The molecule has 1 fully saturated rings. The van der Waals surface area contributed by atoms with Gasteiger partial charge in [-0.05, 0) is 31.4 Å². The minimum Gasteiger partial charge on any atom is -0.487 e. The Kier molecular flexibility index (Phi) is 3.39. The van der Waals surface area contributed by atoms with Crippen LogP contribution < -0.4 is 4.74 Å². The first-order chi connectivity index (χ1) is 7.65. The fourth-order valence-electron chi connectivity index (χ4n) is 1.97. The Hall–Kier alpha value is -1.16. The molecule has 16 heavy (non-hydrogen) atoms. The summed E-state index contributed by atoms with van der Waals surface area (Å²) in [5, 5.41) is 9.43. The molecule has 0 aliphatic heterocycles. The van der Waals surface area contributed by atoms with Gasteiger partial charge >= 0.3 is 0 Å². The van der Waals surface area contributed by atoms with Crippen LogP contribution in [0.1, 0.15) is 25.7 Å². The fourth-order valence-corrected chi connectivity index (χ4v) is 1.97. The van der Waals surface area contributed by atoms with Crippen molar-refractivity contribution in [3.63, 3.8) is 0 Å². The Morgan fingerprint density at radius 1 is 1.25 bits per heavy atom. The van der Waals surface area contributed by atoms with Crippen molar-refractivity contribution in [2.75, 3.05) is 0 Å². The second kappa shape index (κ2) is 4.78. The van der Waals surface area contributed by atoms with Gasteiger partial charge in [-0.3, -0.25) is 0 Å². The molecule has 2 rings (SSSR count). The lowest BCUT2D eigenvalue weighted by molar-refractivity contribution is 0.0515. The molecule has 0 radical (unpaired) electrons. The van der Waals surface area contributed by atoms with Crippen molar-refractivity contribution in [2.24, 2.45) is 0 Å². The molecule has 1 aromatic rings. The number of aliphatic hydroxyl groups is 1. The van der Waals surface area contributed by atoms with E-state index in [0.29, 0.717) is 6.42 Å². The number of halogens is 2. The van der Waals surface area contributed by atoms with Gasteiger partial charge in [0.2, 0.25) is 0 Å². The maximum atomic E-state index is 13.3. The molecule has 1 aromatic carbocycles. The largest absolute Gasteiger partial charge is 0.487 e. The lowest BCUT2D eigenvalue weighted by Crippen LogP contribution is -2.28. The molecule has 0 bridgehead atoms. The average molecular weight is 228 g/mol. The Labute approximate surface area is 92.9 Å². The summed E-state index contributed by atoms with van der Waals surface area (Å²) >= 11 is 0. The number of hydrogen-bond acceptors (Lipinski definition) is 2. The highest BCUT2D eigenvalue weighted by Crippen LogP contribution is 2.26. The average Bonchev–Trinajstić information content (AvgIpc) is 2.24. The minimum absolute atomic E-state index is 0.0703. The van der Waals surface area contributed by atoms with Crippen molar-refractivity contribution in [1.82, 2.24) is 0 Å². The van der Waals surface area contributed by atoms with Crippen LogP contribution in [-0.2, 0) is 0 Å². The third kappa shape index (κ3) is 2.70. The predicted octanol–water partition coefficient (Wildman–Crippen LogP) is 2.65. The van der Waals surface area contributed by atoms with Crippen molar-refractivity contribution in [3.8, 4) is 5.75 Å². The summed E-state index contributed by atoms with van der Waals surface area (Å²) in [6.07, 6.45) is 2.24. The van der Waals surface area contributed by atoms with Crippen LogP contribution in [0.25, 0.3) is 0 Å². The number of rotatable bonds is 2. The van der Waals surface area contributed by atoms with Crippen LogP contribution in [-0.4, -0.2) is 17.3 Å². The zero-order valence-corrected chi connectivity index (χ0v) is 8.83. The zero-order valence-electron chi connectivity index (χ0n) is 8.83. The smallest absolute Gasteiger partial charge is 0.165 e. The Bertz CT molecular complexity index is 368. The van der Waals surface area contributed by atoms with Crippen LogP contribution in [0.3, 0.4) is 0 Å². The molecule has 4 heteroatoms. The summed E-state index contributed by atoms with van der Waals surface area (Å²) in [4.78, 5) is 0. The summed E-state index contributed by atoms with van der Waals surface area (Å²) in [5.74, 6) is -1.16. The lowest BCUT2D eigenvalue weighted by Gasteiger charge is -2.26. The molecule has 0 aromatic heterocycles. The van der Waals surface area contributed by atoms with Crippen LogP contribution >= 0.6 is 0 Å². The highest BCUT2D eigenvalue weighted by atomic mass is 19.1. The first kappa shape index (κ1) is 11.3. The molecule has 2 unspecified atom stereocenters. The second-order valence-corrected chi connectivity index (χ2v) is 4.14. The Balaban J connectivity index is 2.05. The zero-order chi connectivity index (χ0) is 11.5. The standard InChI is InChI=1S/C12H14F2O2/c13-8-4-5-11(14)12(6-8)16-10-3-1-2-9(15)7-10/h4-6,9-10,15H,1-3,7H2. The minimum atomic E-state index is -0.568. The van der Waals surface area contributed by atoms with Crippen molar-refractivity contribution in [3.05, 3.63) is 29.8 Å². The first-order valence-corrected chi connectivity index (χ1v) is 5.45. The van der Waals surface area contributed by atoms with Gasteiger partial charge in [-0.15, -0.1) is 0 Å². The predicted molar refractivity (Wildman–Crippen MR) is 55.2 cm³/mol. The van der Waals surface area contributed by atoms with Crippen molar-refractivity contribution in [1.29, 1.82) is 0 Å². The van der Waals surface area contributed by atoms with Gasteiger partial charge in [-0.25, -0.2) is 8.78 Å². The molecule has 0 saturated heterocycles. The van der Waals surface area contributed by atoms with Crippen LogP contribution in [0.2, 0.25) is 0 Å². The van der Waals surface area contributed by atoms with Crippen LogP contribution in [0.5, 0.6) is 5.75 Å². The van der Waals surface area contributed by atoms with E-state index >= 15 is 0 Å². The van der Waals surface area contributed by atoms with E-state index in [4.69, 9.17) is 4.74 Å². The van der Waals surface area contributed by atoms with Gasteiger partial charge in [0.05, 0.1) is 6.10 Å². The van der Waals surface area contributed by atoms with Gasteiger partial charge < -0.3 is 9.84 Å². The molecule has 0 amide bonds. The molecule has 88 valence electrons. The fraction of sp³-hybridized carbons (Fsp3) is 0.500. The summed E-state index contributed by atoms with van der Waals surface area (Å²) in [7, 11) is 0. The molecular weight excluding hydrogens is 214 g/mol. The van der Waals surface area contributed by atoms with E-state index < -0.39 is 17.7 Å². The van der Waals surface area contributed by atoms with Gasteiger partial charge in [0.15, 0.2) is 11.6 Å². The molecule has 2 nitrogen and oxygen atoms in total. The quantitative estimate of drug-likeness (QED) is 0.843. The molecule has 0 heterocycles. The molecular formula is C12H14F2O2. The normalized spacial score (nSPS) is 25.4. The first-order valence-electron chi connectivity index (χ1n) is 5.45. The Morgan fingerprint density at radius 2 is 2.06 bits per heavy atom. The number of ether oxygens (including phenoxy) is 1. The third-order valence-corrected chi connectivity index (χ3v) is 2.79. The molecule has 0 spiro atoms. The third-order valence-electron chi connectivity index (χ3n) is 2.79. The van der Waals surface area contributed by atoms with E-state index in [1.54, 1.807) is 0 Å². The number of hydrogen-bond donors (Lipinski definition) is 1. The van der Waals surface area contributed by atoms with Gasteiger partial charge in [0, 0.05) is 12.5 Å². The SMILES string of the molecule is OC1CCCC(Oc2cc(F)ccc2F)C1. The van der Waals surface area contributed by atoms with Gasteiger partial charge in [0.1, 0.15) is 11.9 Å². The topological polar surface area (TPSA) is 29.5 Å². The van der Waals surface area contributed by atoms with Crippen LogP contribution in [0.15, 0.2) is 18.2 Å². The highest BCUT2D eigenvalue weighted by Gasteiger charge is 2.22.